The molecule has 1 aromatic heterocycles. The van der Waals surface area contributed by atoms with E-state index in [1.54, 1.807) is 0 Å². The lowest BCUT2D eigenvalue weighted by Gasteiger charge is -2.43. The van der Waals surface area contributed by atoms with E-state index in [2.05, 4.69) is 205 Å². The molecule has 262 valence electrons. The molecule has 7 aromatic rings. The van der Waals surface area contributed by atoms with Gasteiger partial charge < -0.3 is 9.47 Å². The second kappa shape index (κ2) is 12.3. The van der Waals surface area contributed by atoms with E-state index in [0.717, 1.165) is 6.54 Å². The van der Waals surface area contributed by atoms with Crippen LogP contribution in [0.2, 0.25) is 0 Å². The molecule has 1 aliphatic rings. The summed E-state index contributed by atoms with van der Waals surface area (Å²) in [6.45, 7) is 21.9. The zero-order valence-corrected chi connectivity index (χ0v) is 32.4. The maximum Gasteiger partial charge on any atom is 0.0502 e. The van der Waals surface area contributed by atoms with Crippen LogP contribution in [0.25, 0.3) is 21.8 Å². The lowest BCUT2D eigenvalue weighted by molar-refractivity contribution is 0.573. The minimum atomic E-state index is -0.162. The van der Waals surface area contributed by atoms with Gasteiger partial charge in [0.1, 0.15) is 0 Å². The highest BCUT2D eigenvalue weighted by atomic mass is 15.2. The predicted molar refractivity (Wildman–Crippen MR) is 223 cm³/mol. The zero-order chi connectivity index (χ0) is 36.6. The third-order valence-electron chi connectivity index (χ3n) is 11.6. The number of hydrogen-bond donors (Lipinski definition) is 0. The van der Waals surface area contributed by atoms with E-state index in [-0.39, 0.29) is 22.2 Å². The average molecular weight is 681 g/mol. The number of aromatic nitrogens is 1. The molecular formula is C50H52N2. The molecule has 0 amide bonds. The van der Waals surface area contributed by atoms with Crippen LogP contribution in [0.1, 0.15) is 107 Å². The van der Waals surface area contributed by atoms with Gasteiger partial charge in [0.05, 0.1) is 11.4 Å². The van der Waals surface area contributed by atoms with Gasteiger partial charge in [0, 0.05) is 45.4 Å². The highest BCUT2D eigenvalue weighted by Gasteiger charge is 2.38. The van der Waals surface area contributed by atoms with Crippen molar-refractivity contribution in [1.82, 2.24) is 4.57 Å². The van der Waals surface area contributed by atoms with Crippen molar-refractivity contribution in [2.45, 2.75) is 91.0 Å². The average Bonchev–Trinajstić information content (AvgIpc) is 3.44. The molecule has 1 aliphatic heterocycles. The quantitative estimate of drug-likeness (QED) is 0.164. The lowest BCUT2D eigenvalue weighted by atomic mass is 9.70. The Morgan fingerprint density at radius 3 is 1.48 bits per heavy atom. The maximum absolute atomic E-state index is 2.53. The topological polar surface area (TPSA) is 8.17 Å². The summed E-state index contributed by atoms with van der Waals surface area (Å²) in [5.41, 5.74) is 15.7. The molecular weight excluding hydrogens is 629 g/mol. The summed E-state index contributed by atoms with van der Waals surface area (Å²) in [6, 6.07) is 50.6. The van der Waals surface area contributed by atoms with Crippen molar-refractivity contribution in [3.63, 3.8) is 0 Å². The van der Waals surface area contributed by atoms with Crippen molar-refractivity contribution in [2.75, 3.05) is 4.90 Å². The Bertz CT molecular complexity index is 2320. The SMILES string of the molecule is CCn1c2ccc(C(c3ccccc3)c3ccccc3)cc2c2cc(N3c4ccc(C(C)(C)C)cc4C(C)(C)c4cc(C(C)(C)C)ccc43)ccc21. The van der Waals surface area contributed by atoms with Gasteiger partial charge in [-0.25, -0.2) is 0 Å². The van der Waals surface area contributed by atoms with E-state index >= 15 is 0 Å². The highest BCUT2D eigenvalue weighted by molar-refractivity contribution is 6.10. The van der Waals surface area contributed by atoms with E-state index in [1.165, 1.54) is 77.8 Å². The largest absolute Gasteiger partial charge is 0.341 e. The first-order chi connectivity index (χ1) is 24.8. The zero-order valence-electron chi connectivity index (χ0n) is 32.4. The summed E-state index contributed by atoms with van der Waals surface area (Å²) in [5.74, 6) is 0.145. The Kier molecular flexibility index (Phi) is 8.03. The maximum atomic E-state index is 2.53. The van der Waals surface area contributed by atoms with E-state index in [9.17, 15) is 0 Å². The van der Waals surface area contributed by atoms with Crippen molar-refractivity contribution in [3.05, 3.63) is 172 Å². The number of aryl methyl sites for hydroxylation is 1. The standard InChI is InChI=1S/C50H52N2/c1-10-51-43-25-21-35(47(33-17-13-11-14-18-33)34-19-15-12-16-20-34)29-39(43)40-32-38(24-28-44(40)51)52-45-26-22-36(48(2,3)4)30-41(45)50(8,9)42-31-37(49(5,6)7)23-27-46(42)52/h11-32,47H,10H2,1-9H3. The normalized spacial score (nSPS) is 14.2. The molecule has 2 heteroatoms. The van der Waals surface area contributed by atoms with Crippen LogP contribution in [0.5, 0.6) is 0 Å². The van der Waals surface area contributed by atoms with E-state index in [1.807, 2.05) is 0 Å². The molecule has 0 saturated carbocycles. The van der Waals surface area contributed by atoms with Crippen molar-refractivity contribution in [1.29, 1.82) is 0 Å². The Hall–Kier alpha value is -5.08. The second-order valence-corrected chi connectivity index (χ2v) is 17.4. The van der Waals surface area contributed by atoms with Gasteiger partial charge in [0.2, 0.25) is 0 Å². The van der Waals surface area contributed by atoms with Crippen LogP contribution in [-0.4, -0.2) is 4.57 Å². The molecule has 0 saturated heterocycles. The molecule has 0 unspecified atom stereocenters. The molecule has 52 heavy (non-hydrogen) atoms. The van der Waals surface area contributed by atoms with Crippen LogP contribution in [0.4, 0.5) is 17.1 Å². The number of nitrogens with zero attached hydrogens (tertiary/aromatic N) is 2. The van der Waals surface area contributed by atoms with Crippen molar-refractivity contribution in [2.24, 2.45) is 0 Å². The number of hydrogen-bond acceptors (Lipinski definition) is 1. The minimum Gasteiger partial charge on any atom is -0.341 e. The third-order valence-corrected chi connectivity index (χ3v) is 11.6. The van der Waals surface area contributed by atoms with Gasteiger partial charge in [-0.05, 0) is 99.2 Å². The van der Waals surface area contributed by atoms with E-state index < -0.39 is 0 Å². The van der Waals surface area contributed by atoms with E-state index in [0.29, 0.717) is 0 Å². The summed E-state index contributed by atoms with van der Waals surface area (Å²) in [7, 11) is 0. The molecule has 0 atom stereocenters. The van der Waals surface area contributed by atoms with Gasteiger partial charge >= 0.3 is 0 Å². The predicted octanol–water partition coefficient (Wildman–Crippen LogP) is 13.7. The molecule has 0 fully saturated rings. The Balaban J connectivity index is 1.37. The molecule has 0 N–H and O–H groups in total. The van der Waals surface area contributed by atoms with Gasteiger partial charge in [-0.15, -0.1) is 0 Å². The van der Waals surface area contributed by atoms with Crippen LogP contribution in [0.3, 0.4) is 0 Å². The number of benzene rings is 6. The number of fused-ring (bicyclic) bond motifs is 5. The summed E-state index contributed by atoms with van der Waals surface area (Å²) in [4.78, 5) is 2.53. The number of rotatable bonds is 5. The van der Waals surface area contributed by atoms with Crippen LogP contribution in [0, 0.1) is 0 Å². The molecule has 8 rings (SSSR count). The smallest absolute Gasteiger partial charge is 0.0502 e. The third kappa shape index (κ3) is 5.55. The van der Waals surface area contributed by atoms with Crippen molar-refractivity contribution < 1.29 is 0 Å². The monoisotopic (exact) mass is 680 g/mol. The Labute approximate surface area is 310 Å². The molecule has 0 bridgehead atoms. The fraction of sp³-hybridized carbons (Fsp3) is 0.280. The van der Waals surface area contributed by atoms with Gasteiger partial charge in [0.15, 0.2) is 0 Å². The summed E-state index contributed by atoms with van der Waals surface area (Å²) in [5, 5.41) is 2.60. The first kappa shape index (κ1) is 34.0. The van der Waals surface area contributed by atoms with Gasteiger partial charge in [-0.2, -0.15) is 0 Å². The van der Waals surface area contributed by atoms with Gasteiger partial charge in [0.25, 0.3) is 0 Å². The fourth-order valence-corrected chi connectivity index (χ4v) is 8.59. The summed E-state index contributed by atoms with van der Waals surface area (Å²) in [6.07, 6.45) is 0. The summed E-state index contributed by atoms with van der Waals surface area (Å²) >= 11 is 0. The van der Waals surface area contributed by atoms with Crippen LogP contribution < -0.4 is 4.90 Å². The second-order valence-electron chi connectivity index (χ2n) is 17.4. The van der Waals surface area contributed by atoms with Crippen molar-refractivity contribution in [3.8, 4) is 0 Å². The molecule has 2 heterocycles. The molecule has 0 spiro atoms. The minimum absolute atomic E-state index is 0.0550. The van der Waals surface area contributed by atoms with Crippen LogP contribution in [-0.2, 0) is 22.8 Å². The highest BCUT2D eigenvalue weighted by Crippen LogP contribution is 2.54. The molecule has 6 aromatic carbocycles. The number of anilines is 3. The Morgan fingerprint density at radius 2 is 1.00 bits per heavy atom. The first-order valence-electron chi connectivity index (χ1n) is 19.0. The van der Waals surface area contributed by atoms with E-state index in [4.69, 9.17) is 0 Å². The first-order valence-corrected chi connectivity index (χ1v) is 19.0. The molecule has 0 aliphatic carbocycles. The van der Waals surface area contributed by atoms with Gasteiger partial charge in [-0.3, -0.25) is 0 Å². The lowest BCUT2D eigenvalue weighted by Crippen LogP contribution is -2.32. The Morgan fingerprint density at radius 1 is 0.519 bits per heavy atom. The fourth-order valence-electron chi connectivity index (χ4n) is 8.59. The molecule has 2 nitrogen and oxygen atoms in total. The molecule has 0 radical (unpaired) electrons. The van der Waals surface area contributed by atoms with Gasteiger partial charge in [-0.1, -0.05) is 146 Å². The van der Waals surface area contributed by atoms with Crippen molar-refractivity contribution >= 4 is 38.9 Å². The van der Waals surface area contributed by atoms with Crippen LogP contribution >= 0.6 is 0 Å². The van der Waals surface area contributed by atoms with Crippen LogP contribution in [0.15, 0.2) is 133 Å². The summed E-state index contributed by atoms with van der Waals surface area (Å²) < 4.78 is 2.48.